The monoisotopic (exact) mass is 282 g/mol. The fourth-order valence-electron chi connectivity index (χ4n) is 3.42. The second kappa shape index (κ2) is 8.24. The van der Waals surface area contributed by atoms with Crippen LogP contribution in [0.15, 0.2) is 11.8 Å². The zero-order chi connectivity index (χ0) is 13.4. The van der Waals surface area contributed by atoms with Gasteiger partial charge in [-0.25, -0.2) is 0 Å². The molecule has 1 aliphatic carbocycles. The molecular formula is C17H30OS. The van der Waals surface area contributed by atoms with E-state index < -0.39 is 0 Å². The highest BCUT2D eigenvalue weighted by molar-refractivity contribution is 7.99. The van der Waals surface area contributed by atoms with E-state index in [2.05, 4.69) is 24.9 Å². The van der Waals surface area contributed by atoms with Gasteiger partial charge in [-0.15, -0.1) is 0 Å². The van der Waals surface area contributed by atoms with Gasteiger partial charge in [0.15, 0.2) is 0 Å². The third-order valence-electron chi connectivity index (χ3n) is 5.02. The number of allylic oxidation sites excluding steroid dienone is 1. The van der Waals surface area contributed by atoms with Crippen LogP contribution in [0.25, 0.3) is 0 Å². The van der Waals surface area contributed by atoms with E-state index in [9.17, 15) is 0 Å². The molecule has 0 atom stereocenters. The first-order valence-corrected chi connectivity index (χ1v) is 9.37. The van der Waals surface area contributed by atoms with Gasteiger partial charge in [-0.2, -0.15) is 11.8 Å². The van der Waals surface area contributed by atoms with Gasteiger partial charge in [-0.3, -0.25) is 0 Å². The van der Waals surface area contributed by atoms with Crippen molar-refractivity contribution in [3.63, 3.8) is 0 Å². The summed E-state index contributed by atoms with van der Waals surface area (Å²) in [6.45, 7) is 3.30. The minimum atomic E-state index is 0.645. The predicted octanol–water partition coefficient (Wildman–Crippen LogP) is 5.55. The molecule has 1 heterocycles. The van der Waals surface area contributed by atoms with Crippen LogP contribution in [-0.4, -0.2) is 18.1 Å². The maximum absolute atomic E-state index is 5.79. The lowest BCUT2D eigenvalue weighted by atomic mass is 9.76. The van der Waals surface area contributed by atoms with Crippen molar-refractivity contribution < 1.29 is 4.74 Å². The standard InChI is InChI=1S/C17H30OS/c1-2-17(10-13-19-14-11-17)9-6-12-18-15-16-7-4-3-5-8-16/h15H,2-14H2,1H3. The van der Waals surface area contributed by atoms with Gasteiger partial charge in [0, 0.05) is 0 Å². The number of thioether (sulfide) groups is 1. The summed E-state index contributed by atoms with van der Waals surface area (Å²) in [4.78, 5) is 0. The van der Waals surface area contributed by atoms with E-state index in [4.69, 9.17) is 4.74 Å². The molecule has 0 radical (unpaired) electrons. The average molecular weight is 282 g/mol. The zero-order valence-electron chi connectivity index (χ0n) is 12.6. The molecule has 0 aromatic rings. The molecule has 1 nitrogen and oxygen atoms in total. The highest BCUT2D eigenvalue weighted by Gasteiger charge is 2.29. The molecule has 2 fully saturated rings. The normalized spacial score (nSPS) is 23.1. The van der Waals surface area contributed by atoms with Gasteiger partial charge in [-0.1, -0.05) is 19.8 Å². The van der Waals surface area contributed by atoms with E-state index in [1.165, 1.54) is 75.7 Å². The van der Waals surface area contributed by atoms with Crippen molar-refractivity contribution in [2.24, 2.45) is 5.41 Å². The lowest BCUT2D eigenvalue weighted by Crippen LogP contribution is -2.25. The summed E-state index contributed by atoms with van der Waals surface area (Å²) in [5.41, 5.74) is 2.19. The van der Waals surface area contributed by atoms with Crippen LogP contribution in [0, 0.1) is 5.41 Å². The topological polar surface area (TPSA) is 9.23 Å². The van der Waals surface area contributed by atoms with Gasteiger partial charge >= 0.3 is 0 Å². The Morgan fingerprint density at radius 1 is 1.16 bits per heavy atom. The second-order valence-electron chi connectivity index (χ2n) is 6.28. The van der Waals surface area contributed by atoms with E-state index in [1.54, 1.807) is 5.57 Å². The molecule has 0 aromatic heterocycles. The Hall–Kier alpha value is -0.110. The van der Waals surface area contributed by atoms with Gasteiger partial charge < -0.3 is 4.74 Å². The van der Waals surface area contributed by atoms with Crippen LogP contribution >= 0.6 is 11.8 Å². The molecule has 1 saturated carbocycles. The third-order valence-corrected chi connectivity index (χ3v) is 6.00. The molecule has 0 amide bonds. The van der Waals surface area contributed by atoms with Crippen molar-refractivity contribution in [3.8, 4) is 0 Å². The molecule has 1 saturated heterocycles. The highest BCUT2D eigenvalue weighted by Crippen LogP contribution is 2.41. The molecule has 0 N–H and O–H groups in total. The van der Waals surface area contributed by atoms with Crippen LogP contribution < -0.4 is 0 Å². The Morgan fingerprint density at radius 3 is 2.58 bits per heavy atom. The summed E-state index contributed by atoms with van der Waals surface area (Å²) in [6, 6.07) is 0. The Kier molecular flexibility index (Phi) is 6.63. The SMILES string of the molecule is CCC1(CCCOC=C2CCCCC2)CCSCC1. The molecular weight excluding hydrogens is 252 g/mol. The summed E-state index contributed by atoms with van der Waals surface area (Å²) in [5, 5.41) is 0. The second-order valence-corrected chi connectivity index (χ2v) is 7.50. The van der Waals surface area contributed by atoms with Gasteiger partial charge in [0.25, 0.3) is 0 Å². The van der Waals surface area contributed by atoms with Crippen LogP contribution in [0.1, 0.15) is 71.1 Å². The molecule has 2 heteroatoms. The van der Waals surface area contributed by atoms with E-state index in [0.717, 1.165) is 6.61 Å². The zero-order valence-corrected chi connectivity index (χ0v) is 13.4. The van der Waals surface area contributed by atoms with Crippen LogP contribution in [0.4, 0.5) is 0 Å². The molecule has 1 aliphatic heterocycles. The smallest absolute Gasteiger partial charge is 0.0873 e. The summed E-state index contributed by atoms with van der Waals surface area (Å²) in [7, 11) is 0. The quantitative estimate of drug-likeness (QED) is 0.466. The van der Waals surface area contributed by atoms with Crippen molar-refractivity contribution in [1.82, 2.24) is 0 Å². The lowest BCUT2D eigenvalue weighted by Gasteiger charge is -2.36. The van der Waals surface area contributed by atoms with Crippen molar-refractivity contribution in [3.05, 3.63) is 11.8 Å². The first kappa shape index (κ1) is 15.3. The van der Waals surface area contributed by atoms with Gasteiger partial charge in [0.1, 0.15) is 0 Å². The Morgan fingerprint density at radius 2 is 1.89 bits per heavy atom. The van der Waals surface area contributed by atoms with E-state index >= 15 is 0 Å². The van der Waals surface area contributed by atoms with Crippen molar-refractivity contribution in [2.45, 2.75) is 71.1 Å². The summed E-state index contributed by atoms with van der Waals surface area (Å²) < 4.78 is 5.79. The molecule has 0 aromatic carbocycles. The molecule has 2 aliphatic rings. The van der Waals surface area contributed by atoms with Gasteiger partial charge in [0.05, 0.1) is 12.9 Å². The summed E-state index contributed by atoms with van der Waals surface area (Å²) in [5.74, 6) is 2.75. The maximum atomic E-state index is 5.79. The van der Waals surface area contributed by atoms with Crippen molar-refractivity contribution in [1.29, 1.82) is 0 Å². The minimum Gasteiger partial charge on any atom is -0.501 e. The van der Waals surface area contributed by atoms with Crippen LogP contribution in [-0.2, 0) is 4.74 Å². The largest absolute Gasteiger partial charge is 0.501 e. The van der Waals surface area contributed by atoms with Gasteiger partial charge in [-0.05, 0) is 73.9 Å². The molecule has 2 rings (SSSR count). The highest BCUT2D eigenvalue weighted by atomic mass is 32.2. The van der Waals surface area contributed by atoms with Crippen molar-refractivity contribution in [2.75, 3.05) is 18.1 Å². The number of hydrogen-bond donors (Lipinski definition) is 0. The molecule has 110 valence electrons. The summed E-state index contributed by atoms with van der Waals surface area (Å²) >= 11 is 2.13. The van der Waals surface area contributed by atoms with Crippen LogP contribution in [0.2, 0.25) is 0 Å². The Bertz CT molecular complexity index is 271. The summed E-state index contributed by atoms with van der Waals surface area (Å²) in [6.07, 6.45) is 15.6. The predicted molar refractivity (Wildman–Crippen MR) is 85.6 cm³/mol. The Labute approximate surface area is 123 Å². The number of hydrogen-bond acceptors (Lipinski definition) is 2. The van der Waals surface area contributed by atoms with Gasteiger partial charge in [0.2, 0.25) is 0 Å². The van der Waals surface area contributed by atoms with E-state index in [-0.39, 0.29) is 0 Å². The van der Waals surface area contributed by atoms with Crippen molar-refractivity contribution >= 4 is 11.8 Å². The Balaban J connectivity index is 1.62. The van der Waals surface area contributed by atoms with Crippen LogP contribution in [0.3, 0.4) is 0 Å². The molecule has 19 heavy (non-hydrogen) atoms. The third kappa shape index (κ3) is 5.06. The van der Waals surface area contributed by atoms with E-state index in [1.807, 2.05) is 0 Å². The number of rotatable bonds is 6. The molecule has 0 spiro atoms. The fraction of sp³-hybridized carbons (Fsp3) is 0.882. The number of ether oxygens (including phenoxy) is 1. The minimum absolute atomic E-state index is 0.645. The van der Waals surface area contributed by atoms with E-state index in [0.29, 0.717) is 5.41 Å². The lowest BCUT2D eigenvalue weighted by molar-refractivity contribution is 0.177. The first-order valence-electron chi connectivity index (χ1n) is 8.22. The average Bonchev–Trinajstić information content (AvgIpc) is 2.49. The fourth-order valence-corrected chi connectivity index (χ4v) is 4.77. The molecule has 0 unspecified atom stereocenters. The van der Waals surface area contributed by atoms with Crippen LogP contribution in [0.5, 0.6) is 0 Å². The maximum Gasteiger partial charge on any atom is 0.0873 e. The molecule has 0 bridgehead atoms. The first-order chi connectivity index (χ1) is 9.35.